The molecule has 2 aromatic rings. The highest BCUT2D eigenvalue weighted by atomic mass is 79.9. The number of rotatable bonds is 6. The Kier molecular flexibility index (Phi) is 6.67. The molecule has 3 rings (SSSR count). The van der Waals surface area contributed by atoms with E-state index in [4.69, 9.17) is 4.74 Å². The second-order valence-electron chi connectivity index (χ2n) is 6.21. The summed E-state index contributed by atoms with van der Waals surface area (Å²) in [4.78, 5) is 35.7. The van der Waals surface area contributed by atoms with Crippen LogP contribution in [0.2, 0.25) is 0 Å². The number of nitrogens with zero attached hydrogens (tertiary/aromatic N) is 2. The molecule has 0 saturated carbocycles. The van der Waals surface area contributed by atoms with Crippen molar-refractivity contribution in [2.45, 2.75) is 26.2 Å². The lowest BCUT2D eigenvalue weighted by Gasteiger charge is -2.11. The molecule has 158 valence electrons. The topological polar surface area (TPSA) is 146 Å². The van der Waals surface area contributed by atoms with Gasteiger partial charge in [0.05, 0.1) is 23.3 Å². The van der Waals surface area contributed by atoms with E-state index in [0.717, 1.165) is 42.0 Å². The first-order chi connectivity index (χ1) is 14.3. The van der Waals surface area contributed by atoms with Crippen LogP contribution in [0.15, 0.2) is 21.7 Å². The molecule has 10 nitrogen and oxygen atoms in total. The number of nitrogens with one attached hydrogen (secondary N) is 2. The number of urea groups is 1. The van der Waals surface area contributed by atoms with Gasteiger partial charge in [0.1, 0.15) is 5.00 Å². The maximum Gasteiger partial charge on any atom is 0.341 e. The molecule has 0 bridgehead atoms. The monoisotopic (exact) mass is 495 g/mol. The number of amides is 2. The van der Waals surface area contributed by atoms with Gasteiger partial charge in [-0.1, -0.05) is 15.9 Å². The molecule has 2 amide bonds. The molecule has 0 atom stereocenters. The lowest BCUT2D eigenvalue weighted by molar-refractivity contribution is -0.398. The number of hydrogen-bond acceptors (Lipinski definition) is 8. The number of thiophene rings is 1. The van der Waals surface area contributed by atoms with Crippen molar-refractivity contribution in [1.29, 1.82) is 0 Å². The number of anilines is 1. The van der Waals surface area contributed by atoms with Crippen LogP contribution in [0.25, 0.3) is 0 Å². The molecule has 1 aliphatic rings. The number of nitro benzene ring substituents is 1. The Balaban J connectivity index is 1.73. The van der Waals surface area contributed by atoms with Crippen LogP contribution in [0.4, 0.5) is 15.5 Å². The number of nitro groups is 1. The minimum Gasteiger partial charge on any atom is -0.867 e. The van der Waals surface area contributed by atoms with Gasteiger partial charge >= 0.3 is 12.0 Å². The SMILES string of the molecule is CCOC(=O)c1c(NC(=O)N/N=C\c2cc(Br)cc([N+](=O)[O-])c2[O-])sc2c1CCC2. The number of carbonyl (C=O) groups excluding carboxylic acids is 2. The molecule has 12 heteroatoms. The molecule has 0 fully saturated rings. The summed E-state index contributed by atoms with van der Waals surface area (Å²) < 4.78 is 5.43. The van der Waals surface area contributed by atoms with Crippen molar-refractivity contribution in [2.24, 2.45) is 5.10 Å². The van der Waals surface area contributed by atoms with Gasteiger partial charge in [0.15, 0.2) is 0 Å². The third-order valence-electron chi connectivity index (χ3n) is 4.26. The fraction of sp³-hybridized carbons (Fsp3) is 0.278. The first-order valence-electron chi connectivity index (χ1n) is 8.88. The molecule has 1 heterocycles. The molecule has 1 aromatic carbocycles. The second kappa shape index (κ2) is 9.22. The van der Waals surface area contributed by atoms with E-state index in [-0.39, 0.29) is 12.2 Å². The molecule has 0 radical (unpaired) electrons. The zero-order valence-corrected chi connectivity index (χ0v) is 18.1. The molecule has 0 saturated heterocycles. The third kappa shape index (κ3) is 4.60. The van der Waals surface area contributed by atoms with E-state index in [0.29, 0.717) is 15.0 Å². The van der Waals surface area contributed by atoms with E-state index in [1.807, 2.05) is 0 Å². The van der Waals surface area contributed by atoms with Crippen LogP contribution < -0.4 is 15.8 Å². The molecule has 0 unspecified atom stereocenters. The lowest BCUT2D eigenvalue weighted by Crippen LogP contribution is -2.25. The molecular formula is C18H16BrN4O6S-. The van der Waals surface area contributed by atoms with Crippen molar-refractivity contribution in [3.63, 3.8) is 0 Å². The average Bonchev–Trinajstić information content (AvgIpc) is 3.24. The zero-order valence-electron chi connectivity index (χ0n) is 15.7. The van der Waals surface area contributed by atoms with Crippen molar-refractivity contribution in [3.05, 3.63) is 48.3 Å². The number of aryl methyl sites for hydroxylation is 1. The molecule has 30 heavy (non-hydrogen) atoms. The Hall–Kier alpha value is -2.99. The second-order valence-corrected chi connectivity index (χ2v) is 8.23. The van der Waals surface area contributed by atoms with Gasteiger partial charge in [-0.25, -0.2) is 15.0 Å². The van der Waals surface area contributed by atoms with Gasteiger partial charge in [0, 0.05) is 15.4 Å². The van der Waals surface area contributed by atoms with Crippen molar-refractivity contribution >= 4 is 56.2 Å². The molecule has 2 N–H and O–H groups in total. The molecule has 0 aliphatic heterocycles. The summed E-state index contributed by atoms with van der Waals surface area (Å²) in [7, 11) is 0. The first-order valence-corrected chi connectivity index (χ1v) is 10.5. The van der Waals surface area contributed by atoms with Crippen molar-refractivity contribution in [2.75, 3.05) is 11.9 Å². The number of hydrazone groups is 1. The van der Waals surface area contributed by atoms with E-state index in [1.165, 1.54) is 17.4 Å². The first kappa shape index (κ1) is 21.7. The summed E-state index contributed by atoms with van der Waals surface area (Å²) in [5, 5.41) is 29.6. The van der Waals surface area contributed by atoms with Gasteiger partial charge in [0.25, 0.3) is 5.69 Å². The van der Waals surface area contributed by atoms with E-state index < -0.39 is 28.4 Å². The summed E-state index contributed by atoms with van der Waals surface area (Å²) in [5.74, 6) is -1.32. The number of ether oxygens (including phenoxy) is 1. The highest BCUT2D eigenvalue weighted by Crippen LogP contribution is 2.39. The fourth-order valence-electron chi connectivity index (χ4n) is 3.03. The lowest BCUT2D eigenvalue weighted by atomic mass is 10.1. The third-order valence-corrected chi connectivity index (χ3v) is 5.92. The quantitative estimate of drug-likeness (QED) is 0.272. The van der Waals surface area contributed by atoms with Crippen LogP contribution in [0.5, 0.6) is 5.75 Å². The van der Waals surface area contributed by atoms with E-state index in [2.05, 4.69) is 31.8 Å². The highest BCUT2D eigenvalue weighted by Gasteiger charge is 2.28. The van der Waals surface area contributed by atoms with Crippen molar-refractivity contribution in [1.82, 2.24) is 5.43 Å². The van der Waals surface area contributed by atoms with Gasteiger partial charge < -0.3 is 9.84 Å². The van der Waals surface area contributed by atoms with Crippen LogP contribution in [-0.2, 0) is 17.6 Å². The van der Waals surface area contributed by atoms with Gasteiger partial charge in [-0.3, -0.25) is 15.4 Å². The van der Waals surface area contributed by atoms with E-state index in [9.17, 15) is 24.8 Å². The van der Waals surface area contributed by atoms with Gasteiger partial charge in [-0.2, -0.15) is 5.10 Å². The smallest absolute Gasteiger partial charge is 0.341 e. The van der Waals surface area contributed by atoms with Crippen molar-refractivity contribution < 1.29 is 24.4 Å². The Morgan fingerprint density at radius 1 is 1.40 bits per heavy atom. The maximum absolute atomic E-state index is 12.3. The summed E-state index contributed by atoms with van der Waals surface area (Å²) in [6, 6.07) is 1.71. The van der Waals surface area contributed by atoms with Gasteiger partial charge in [0.2, 0.25) is 0 Å². The standard InChI is InChI=1S/C18H17BrN4O6S/c1-2-29-17(25)14-11-4-3-5-13(11)30-16(14)21-18(26)22-20-8-9-6-10(19)7-12(15(9)24)23(27)28/h6-8,24H,2-5H2,1H3,(H2,21,22,26)/p-1/b20-8-. The van der Waals surface area contributed by atoms with Crippen LogP contribution in [0.3, 0.4) is 0 Å². The molecule has 1 aliphatic carbocycles. The Bertz CT molecular complexity index is 1050. The summed E-state index contributed by atoms with van der Waals surface area (Å²) in [6.07, 6.45) is 3.54. The summed E-state index contributed by atoms with van der Waals surface area (Å²) in [6.45, 7) is 1.92. The Morgan fingerprint density at radius 2 is 2.17 bits per heavy atom. The summed E-state index contributed by atoms with van der Waals surface area (Å²) >= 11 is 4.40. The number of benzene rings is 1. The summed E-state index contributed by atoms with van der Waals surface area (Å²) in [5.41, 5.74) is 2.77. The molecule has 1 aromatic heterocycles. The predicted molar refractivity (Wildman–Crippen MR) is 112 cm³/mol. The van der Waals surface area contributed by atoms with Gasteiger partial charge in [-0.15, -0.1) is 11.3 Å². The minimum absolute atomic E-state index is 0.0707. The number of fused-ring (bicyclic) bond motifs is 1. The number of halogens is 1. The maximum atomic E-state index is 12.3. The fourth-order valence-corrected chi connectivity index (χ4v) is 4.77. The number of hydrogen-bond donors (Lipinski definition) is 2. The minimum atomic E-state index is -0.826. The van der Waals surface area contributed by atoms with Crippen LogP contribution in [0.1, 0.15) is 39.7 Å². The Morgan fingerprint density at radius 3 is 2.87 bits per heavy atom. The van der Waals surface area contributed by atoms with Crippen molar-refractivity contribution in [3.8, 4) is 5.75 Å². The van der Waals surface area contributed by atoms with E-state index >= 15 is 0 Å². The molecule has 0 spiro atoms. The van der Waals surface area contributed by atoms with E-state index in [1.54, 1.807) is 6.92 Å². The average molecular weight is 496 g/mol. The number of carbonyl (C=O) groups is 2. The molecular weight excluding hydrogens is 480 g/mol. The van der Waals surface area contributed by atoms with Crippen LogP contribution in [-0.4, -0.2) is 29.7 Å². The van der Waals surface area contributed by atoms with Crippen LogP contribution in [0, 0.1) is 10.1 Å². The normalized spacial score (nSPS) is 12.6. The zero-order chi connectivity index (χ0) is 21.8. The van der Waals surface area contributed by atoms with Crippen LogP contribution >= 0.6 is 27.3 Å². The Labute approximate surface area is 183 Å². The predicted octanol–water partition coefficient (Wildman–Crippen LogP) is 3.31. The highest BCUT2D eigenvalue weighted by molar-refractivity contribution is 9.10. The van der Waals surface area contributed by atoms with Gasteiger partial charge in [-0.05, 0) is 49.1 Å². The number of esters is 1. The largest absolute Gasteiger partial charge is 0.867 e.